The summed E-state index contributed by atoms with van der Waals surface area (Å²) < 4.78 is 2.07. The second-order valence-electron chi connectivity index (χ2n) is 3.69. The van der Waals surface area contributed by atoms with E-state index in [1.54, 1.807) is 7.05 Å². The van der Waals surface area contributed by atoms with Gasteiger partial charge in [0.25, 0.3) is 0 Å². The molecule has 0 aliphatic heterocycles. The Kier molecular flexibility index (Phi) is 4.54. The van der Waals surface area contributed by atoms with E-state index in [1.807, 2.05) is 27.2 Å². The van der Waals surface area contributed by atoms with Crippen LogP contribution in [0.5, 0.6) is 0 Å². The Morgan fingerprint density at radius 1 is 1.62 bits per heavy atom. The molecule has 6 heteroatoms. The quantitative estimate of drug-likeness (QED) is 0.740. The Hall–Kier alpha value is -1.30. The maximum absolute atomic E-state index is 4.99. The van der Waals surface area contributed by atoms with Crippen LogP contribution in [0.3, 0.4) is 0 Å². The zero-order valence-electron chi connectivity index (χ0n) is 10.2. The maximum atomic E-state index is 4.99. The van der Waals surface area contributed by atoms with Gasteiger partial charge in [0.15, 0.2) is 5.11 Å². The lowest BCUT2D eigenvalue weighted by Crippen LogP contribution is -2.38. The molecule has 1 rings (SSSR count). The normalized spacial score (nSPS) is 10.0. The molecular weight excluding hydrogens is 222 g/mol. The number of hydrogen-bond donors (Lipinski definition) is 2. The molecular formula is C10H19N5S. The number of likely N-dealkylation sites (N-methyl/N-ethyl adjacent to an activating group) is 1. The van der Waals surface area contributed by atoms with Crippen LogP contribution in [-0.2, 0) is 7.05 Å². The predicted molar refractivity (Wildman–Crippen MR) is 70.9 cm³/mol. The third-order valence-electron chi connectivity index (χ3n) is 2.50. The summed E-state index contributed by atoms with van der Waals surface area (Å²) in [5, 5.41) is 6.65. The van der Waals surface area contributed by atoms with Crippen molar-refractivity contribution in [2.75, 3.05) is 32.1 Å². The third-order valence-corrected chi connectivity index (χ3v) is 2.85. The number of imidazole rings is 1. The van der Waals surface area contributed by atoms with Crippen molar-refractivity contribution in [3.8, 4) is 0 Å². The predicted octanol–water partition coefficient (Wildman–Crippen LogP) is 0.259. The van der Waals surface area contributed by atoms with Crippen molar-refractivity contribution in [3.63, 3.8) is 0 Å². The number of rotatable bonds is 4. The van der Waals surface area contributed by atoms with Gasteiger partial charge in [-0.2, -0.15) is 0 Å². The van der Waals surface area contributed by atoms with Crippen LogP contribution in [-0.4, -0.2) is 41.8 Å². The van der Waals surface area contributed by atoms with E-state index in [0.717, 1.165) is 24.7 Å². The van der Waals surface area contributed by atoms with Crippen LogP contribution < -0.4 is 15.5 Å². The Labute approximate surface area is 102 Å². The number of hydrogen-bond acceptors (Lipinski definition) is 3. The van der Waals surface area contributed by atoms with Gasteiger partial charge in [-0.3, -0.25) is 0 Å². The van der Waals surface area contributed by atoms with Crippen LogP contribution in [0.25, 0.3) is 0 Å². The highest BCUT2D eigenvalue weighted by molar-refractivity contribution is 7.80. The number of thiocarbonyl (C=S) groups is 1. The first kappa shape index (κ1) is 12.8. The molecule has 5 nitrogen and oxygen atoms in total. The minimum atomic E-state index is 0.671. The maximum Gasteiger partial charge on any atom is 0.205 e. The summed E-state index contributed by atoms with van der Waals surface area (Å²) in [6.07, 6.45) is 1.87. The standard InChI is InChI=1S/C10H19N5S/c1-8-7-13-10(15(8)4)14(3)6-5-12-9(16)11-2/h7H,5-6H2,1-4H3,(H2,11,12,16). The molecule has 1 heterocycles. The SMILES string of the molecule is CNC(=S)NCCN(C)c1ncc(C)n1C. The van der Waals surface area contributed by atoms with E-state index in [9.17, 15) is 0 Å². The van der Waals surface area contributed by atoms with Crippen molar-refractivity contribution in [2.24, 2.45) is 7.05 Å². The van der Waals surface area contributed by atoms with Gasteiger partial charge in [-0.25, -0.2) is 4.98 Å². The first-order chi connectivity index (χ1) is 7.56. The van der Waals surface area contributed by atoms with Crippen molar-refractivity contribution in [1.82, 2.24) is 20.2 Å². The Morgan fingerprint density at radius 3 is 2.81 bits per heavy atom. The monoisotopic (exact) mass is 241 g/mol. The molecule has 0 fully saturated rings. The molecule has 1 aromatic rings. The van der Waals surface area contributed by atoms with Gasteiger partial charge in [-0.1, -0.05) is 0 Å². The number of anilines is 1. The summed E-state index contributed by atoms with van der Waals surface area (Å²) in [5.74, 6) is 0.967. The molecule has 0 bridgehead atoms. The fourth-order valence-electron chi connectivity index (χ4n) is 1.36. The molecule has 1 aromatic heterocycles. The van der Waals surface area contributed by atoms with Gasteiger partial charge in [-0.05, 0) is 19.1 Å². The Bertz CT molecular complexity index is 360. The highest BCUT2D eigenvalue weighted by Crippen LogP contribution is 2.10. The van der Waals surface area contributed by atoms with Gasteiger partial charge < -0.3 is 20.1 Å². The Morgan fingerprint density at radius 2 is 2.31 bits per heavy atom. The van der Waals surface area contributed by atoms with Crippen LogP contribution in [0.1, 0.15) is 5.69 Å². The van der Waals surface area contributed by atoms with Crippen molar-refractivity contribution in [3.05, 3.63) is 11.9 Å². The summed E-state index contributed by atoms with van der Waals surface area (Å²) in [4.78, 5) is 6.44. The molecule has 0 aliphatic carbocycles. The molecule has 0 spiro atoms. The highest BCUT2D eigenvalue weighted by atomic mass is 32.1. The van der Waals surface area contributed by atoms with E-state index in [2.05, 4.69) is 25.1 Å². The van der Waals surface area contributed by atoms with E-state index in [1.165, 1.54) is 0 Å². The molecule has 0 saturated carbocycles. The highest BCUT2D eigenvalue weighted by Gasteiger charge is 2.07. The van der Waals surface area contributed by atoms with E-state index < -0.39 is 0 Å². The van der Waals surface area contributed by atoms with Gasteiger partial charge >= 0.3 is 0 Å². The average Bonchev–Trinajstić information content (AvgIpc) is 2.59. The number of aromatic nitrogens is 2. The molecule has 2 N–H and O–H groups in total. The molecule has 0 saturated heterocycles. The lowest BCUT2D eigenvalue weighted by molar-refractivity contribution is 0.758. The molecule has 0 amide bonds. The molecule has 90 valence electrons. The molecule has 0 aliphatic rings. The van der Waals surface area contributed by atoms with Crippen molar-refractivity contribution < 1.29 is 0 Å². The van der Waals surface area contributed by atoms with E-state index in [-0.39, 0.29) is 0 Å². The van der Waals surface area contributed by atoms with E-state index in [0.29, 0.717) is 5.11 Å². The van der Waals surface area contributed by atoms with E-state index in [4.69, 9.17) is 12.2 Å². The van der Waals surface area contributed by atoms with Crippen molar-refractivity contribution in [2.45, 2.75) is 6.92 Å². The lowest BCUT2D eigenvalue weighted by atomic mass is 10.5. The summed E-state index contributed by atoms with van der Waals surface area (Å²) in [7, 11) is 5.84. The molecule has 0 aromatic carbocycles. The number of nitrogens with one attached hydrogen (secondary N) is 2. The fraction of sp³-hybridized carbons (Fsp3) is 0.600. The summed E-state index contributed by atoms with van der Waals surface area (Å²) in [6.45, 7) is 3.69. The van der Waals surface area contributed by atoms with Crippen molar-refractivity contribution >= 4 is 23.3 Å². The Balaban J connectivity index is 2.44. The first-order valence-electron chi connectivity index (χ1n) is 5.21. The third kappa shape index (κ3) is 3.10. The molecule has 0 radical (unpaired) electrons. The molecule has 0 unspecified atom stereocenters. The van der Waals surface area contributed by atoms with Crippen LogP contribution in [0, 0.1) is 6.92 Å². The zero-order chi connectivity index (χ0) is 12.1. The smallest absolute Gasteiger partial charge is 0.205 e. The van der Waals surface area contributed by atoms with E-state index >= 15 is 0 Å². The zero-order valence-corrected chi connectivity index (χ0v) is 11.1. The largest absolute Gasteiger partial charge is 0.366 e. The van der Waals surface area contributed by atoms with Crippen molar-refractivity contribution in [1.29, 1.82) is 0 Å². The summed E-state index contributed by atoms with van der Waals surface area (Å²) >= 11 is 4.99. The minimum absolute atomic E-state index is 0.671. The van der Waals surface area contributed by atoms with Gasteiger partial charge in [0.2, 0.25) is 5.95 Å². The fourth-order valence-corrected chi connectivity index (χ4v) is 1.46. The second kappa shape index (κ2) is 5.69. The minimum Gasteiger partial charge on any atom is -0.366 e. The summed E-state index contributed by atoms with van der Waals surface area (Å²) in [5.41, 5.74) is 1.15. The van der Waals surface area contributed by atoms with Gasteiger partial charge in [0.1, 0.15) is 0 Å². The van der Waals surface area contributed by atoms with Gasteiger partial charge in [-0.15, -0.1) is 0 Å². The lowest BCUT2D eigenvalue weighted by Gasteiger charge is -2.19. The average molecular weight is 241 g/mol. The topological polar surface area (TPSA) is 45.1 Å². The second-order valence-corrected chi connectivity index (χ2v) is 4.09. The van der Waals surface area contributed by atoms with Crippen LogP contribution >= 0.6 is 12.2 Å². The molecule has 0 atom stereocenters. The van der Waals surface area contributed by atoms with Crippen LogP contribution in [0.15, 0.2) is 6.20 Å². The number of nitrogens with zero attached hydrogens (tertiary/aromatic N) is 3. The van der Waals surface area contributed by atoms with Gasteiger partial charge in [0.05, 0.1) is 6.20 Å². The number of aryl methyl sites for hydroxylation is 1. The van der Waals surface area contributed by atoms with Crippen LogP contribution in [0.4, 0.5) is 5.95 Å². The van der Waals surface area contributed by atoms with Crippen LogP contribution in [0.2, 0.25) is 0 Å². The first-order valence-corrected chi connectivity index (χ1v) is 5.62. The molecule has 16 heavy (non-hydrogen) atoms. The summed E-state index contributed by atoms with van der Waals surface area (Å²) in [6, 6.07) is 0. The van der Waals surface area contributed by atoms with Gasteiger partial charge in [0, 0.05) is 39.9 Å².